The lowest BCUT2D eigenvalue weighted by molar-refractivity contribution is -0.104. The van der Waals surface area contributed by atoms with Gasteiger partial charge in [0.2, 0.25) is 0 Å². The Morgan fingerprint density at radius 2 is 2.08 bits per heavy atom. The number of para-hydroxylation sites is 2. The van der Waals surface area contributed by atoms with E-state index in [4.69, 9.17) is 4.74 Å². The molecule has 0 aliphatic carbocycles. The van der Waals surface area contributed by atoms with Crippen molar-refractivity contribution in [1.82, 2.24) is 0 Å². The molecule has 1 N–H and O–H groups in total. The highest BCUT2D eigenvalue weighted by atomic mass is 16.7. The lowest BCUT2D eigenvalue weighted by Gasteiger charge is -2.25. The second-order valence-electron chi connectivity index (χ2n) is 3.06. The molecule has 12 heavy (non-hydrogen) atoms. The zero-order chi connectivity index (χ0) is 8.77. The number of fused-ring (bicyclic) bond motifs is 1. The minimum atomic E-state index is -1.20. The van der Waals surface area contributed by atoms with E-state index in [0.717, 1.165) is 11.4 Å². The van der Waals surface area contributed by atoms with Crippen molar-refractivity contribution in [3.05, 3.63) is 24.3 Å². The van der Waals surface area contributed by atoms with Crippen molar-refractivity contribution in [1.29, 1.82) is 0 Å². The normalized spacial score (nSPS) is 26.8. The number of nitrogens with zero attached hydrogens (tertiary/aromatic N) is 1. The number of benzene rings is 1. The Bertz CT molecular complexity index is 309. The molecule has 0 fully saturated rings. The number of hydrogen-bond donors (Lipinski definition) is 1. The Labute approximate surface area is 71.2 Å². The molecule has 1 unspecified atom stereocenters. The van der Waals surface area contributed by atoms with Crippen molar-refractivity contribution in [2.24, 2.45) is 0 Å². The molecule has 0 radical (unpaired) electrons. The van der Waals surface area contributed by atoms with Crippen molar-refractivity contribution in [2.45, 2.75) is 12.8 Å². The Morgan fingerprint density at radius 1 is 1.42 bits per heavy atom. The second-order valence-corrected chi connectivity index (χ2v) is 3.06. The zero-order valence-electron chi connectivity index (χ0n) is 7.11. The maximum atomic E-state index is 9.69. The van der Waals surface area contributed by atoms with Crippen molar-refractivity contribution in [3.8, 4) is 5.75 Å². The van der Waals surface area contributed by atoms with Gasteiger partial charge in [0.05, 0.1) is 5.69 Å². The van der Waals surface area contributed by atoms with Gasteiger partial charge in [-0.3, -0.25) is 0 Å². The molecule has 2 rings (SSSR count). The van der Waals surface area contributed by atoms with Crippen LogP contribution in [0.15, 0.2) is 24.3 Å². The average molecular weight is 165 g/mol. The van der Waals surface area contributed by atoms with E-state index in [1.165, 1.54) is 0 Å². The van der Waals surface area contributed by atoms with Crippen molar-refractivity contribution in [2.75, 3.05) is 11.9 Å². The summed E-state index contributed by atoms with van der Waals surface area (Å²) in [5.74, 6) is -0.478. The maximum absolute atomic E-state index is 9.69. The molecule has 0 saturated carbocycles. The van der Waals surface area contributed by atoms with Crippen LogP contribution in [0.1, 0.15) is 6.92 Å². The van der Waals surface area contributed by atoms with Crippen molar-refractivity contribution in [3.63, 3.8) is 0 Å². The minimum Gasteiger partial charge on any atom is -0.442 e. The van der Waals surface area contributed by atoms with E-state index in [-0.39, 0.29) is 0 Å². The molecule has 1 atom stereocenters. The molecule has 1 aliphatic rings. The van der Waals surface area contributed by atoms with E-state index in [2.05, 4.69) is 0 Å². The highest BCUT2D eigenvalue weighted by Gasteiger charge is 2.37. The van der Waals surface area contributed by atoms with Crippen LogP contribution in [0.5, 0.6) is 5.75 Å². The van der Waals surface area contributed by atoms with Gasteiger partial charge in [-0.25, -0.2) is 0 Å². The minimum absolute atomic E-state index is 0.727. The van der Waals surface area contributed by atoms with Crippen LogP contribution in [-0.2, 0) is 0 Å². The van der Waals surface area contributed by atoms with Crippen LogP contribution < -0.4 is 9.64 Å². The third-order valence-electron chi connectivity index (χ3n) is 2.15. The van der Waals surface area contributed by atoms with Crippen molar-refractivity contribution < 1.29 is 9.84 Å². The predicted octanol–water partition coefficient (Wildman–Crippen LogP) is 1.18. The number of rotatable bonds is 0. The molecule has 3 nitrogen and oxygen atoms in total. The van der Waals surface area contributed by atoms with Gasteiger partial charge in [0, 0.05) is 14.0 Å². The van der Waals surface area contributed by atoms with Crippen LogP contribution in [0.3, 0.4) is 0 Å². The van der Waals surface area contributed by atoms with Crippen LogP contribution in [0.2, 0.25) is 0 Å². The fourth-order valence-corrected chi connectivity index (χ4v) is 1.32. The standard InChI is InChI=1S/C9H11NO2/c1-9(11)10(2)7-5-3-4-6-8(7)12-9/h3-6,11H,1-2H3. The van der Waals surface area contributed by atoms with E-state index in [0.29, 0.717) is 0 Å². The van der Waals surface area contributed by atoms with E-state index >= 15 is 0 Å². The summed E-state index contributed by atoms with van der Waals surface area (Å²) in [4.78, 5) is 1.70. The van der Waals surface area contributed by atoms with Crippen LogP contribution >= 0.6 is 0 Å². The Balaban J connectivity index is 2.49. The number of anilines is 1. The summed E-state index contributed by atoms with van der Waals surface area (Å²) >= 11 is 0. The van der Waals surface area contributed by atoms with Gasteiger partial charge in [0.25, 0.3) is 5.91 Å². The topological polar surface area (TPSA) is 32.7 Å². The highest BCUT2D eigenvalue weighted by Crippen LogP contribution is 2.39. The van der Waals surface area contributed by atoms with Gasteiger partial charge in [-0.15, -0.1) is 0 Å². The zero-order valence-corrected chi connectivity index (χ0v) is 7.11. The molecule has 0 bridgehead atoms. The summed E-state index contributed by atoms with van der Waals surface area (Å²) in [5, 5.41) is 9.69. The summed E-state index contributed by atoms with van der Waals surface area (Å²) in [6, 6.07) is 7.55. The SMILES string of the molecule is CN1c2ccccc2OC1(C)O. The monoisotopic (exact) mass is 165 g/mol. The van der Waals surface area contributed by atoms with Crippen molar-refractivity contribution >= 4 is 5.69 Å². The Morgan fingerprint density at radius 3 is 2.75 bits per heavy atom. The van der Waals surface area contributed by atoms with E-state index in [1.54, 1.807) is 18.9 Å². The third-order valence-corrected chi connectivity index (χ3v) is 2.15. The van der Waals surface area contributed by atoms with E-state index in [9.17, 15) is 5.11 Å². The molecule has 1 aromatic rings. The molecular formula is C9H11NO2. The van der Waals surface area contributed by atoms with E-state index < -0.39 is 5.91 Å². The molecular weight excluding hydrogens is 154 g/mol. The van der Waals surface area contributed by atoms with Gasteiger partial charge in [-0.05, 0) is 12.1 Å². The molecule has 0 aromatic heterocycles. The smallest absolute Gasteiger partial charge is 0.289 e. The van der Waals surface area contributed by atoms with Crippen LogP contribution in [-0.4, -0.2) is 18.1 Å². The van der Waals surface area contributed by atoms with Gasteiger partial charge in [-0.1, -0.05) is 12.1 Å². The fraction of sp³-hybridized carbons (Fsp3) is 0.333. The van der Waals surface area contributed by atoms with Gasteiger partial charge in [-0.2, -0.15) is 0 Å². The molecule has 0 saturated heterocycles. The largest absolute Gasteiger partial charge is 0.442 e. The number of aliphatic hydroxyl groups is 1. The first-order chi connectivity index (χ1) is 5.61. The molecule has 64 valence electrons. The maximum Gasteiger partial charge on any atom is 0.289 e. The highest BCUT2D eigenvalue weighted by molar-refractivity contribution is 5.62. The summed E-state index contributed by atoms with van der Waals surface area (Å²) < 4.78 is 5.29. The summed E-state index contributed by atoms with van der Waals surface area (Å²) in [6.45, 7) is 1.62. The summed E-state index contributed by atoms with van der Waals surface area (Å²) in [6.07, 6.45) is 0. The molecule has 1 aromatic carbocycles. The van der Waals surface area contributed by atoms with Gasteiger partial charge in [0.1, 0.15) is 5.75 Å². The predicted molar refractivity (Wildman–Crippen MR) is 46.1 cm³/mol. The van der Waals surface area contributed by atoms with Crippen LogP contribution in [0.25, 0.3) is 0 Å². The first kappa shape index (κ1) is 7.43. The Hall–Kier alpha value is -1.22. The summed E-state index contributed by atoms with van der Waals surface area (Å²) in [7, 11) is 1.80. The average Bonchev–Trinajstić information content (AvgIpc) is 2.24. The molecule has 0 spiro atoms. The third kappa shape index (κ3) is 0.865. The fourth-order valence-electron chi connectivity index (χ4n) is 1.32. The Kier molecular flexibility index (Phi) is 1.32. The van der Waals surface area contributed by atoms with Gasteiger partial charge < -0.3 is 14.7 Å². The first-order valence-corrected chi connectivity index (χ1v) is 3.85. The van der Waals surface area contributed by atoms with Crippen LogP contribution in [0.4, 0.5) is 5.69 Å². The first-order valence-electron chi connectivity index (χ1n) is 3.85. The summed E-state index contributed by atoms with van der Waals surface area (Å²) in [5.41, 5.74) is 0.919. The number of ether oxygens (including phenoxy) is 1. The molecule has 1 heterocycles. The van der Waals surface area contributed by atoms with Gasteiger partial charge >= 0.3 is 0 Å². The van der Waals surface area contributed by atoms with Gasteiger partial charge in [0.15, 0.2) is 0 Å². The molecule has 3 heteroatoms. The molecule has 0 amide bonds. The quantitative estimate of drug-likeness (QED) is 0.626. The number of hydrogen-bond acceptors (Lipinski definition) is 3. The van der Waals surface area contributed by atoms with Crippen LogP contribution in [0, 0.1) is 0 Å². The lowest BCUT2D eigenvalue weighted by Crippen LogP contribution is -2.44. The molecule has 1 aliphatic heterocycles. The second kappa shape index (κ2) is 2.14. The van der Waals surface area contributed by atoms with E-state index in [1.807, 2.05) is 24.3 Å². The lowest BCUT2D eigenvalue weighted by atomic mass is 10.3.